The second-order valence-corrected chi connectivity index (χ2v) is 4.09. The summed E-state index contributed by atoms with van der Waals surface area (Å²) in [4.78, 5) is 6.56. The summed E-state index contributed by atoms with van der Waals surface area (Å²) in [6.45, 7) is 8.36. The summed E-state index contributed by atoms with van der Waals surface area (Å²) in [6, 6.07) is 4.75. The van der Waals surface area contributed by atoms with E-state index in [9.17, 15) is 0 Å². The summed E-state index contributed by atoms with van der Waals surface area (Å²) >= 11 is 0. The van der Waals surface area contributed by atoms with E-state index in [0.29, 0.717) is 6.04 Å². The largest absolute Gasteiger partial charge is 0.370 e. The number of pyridine rings is 1. The summed E-state index contributed by atoms with van der Waals surface area (Å²) in [5.74, 6) is 0.965. The van der Waals surface area contributed by atoms with E-state index >= 15 is 0 Å². The molecule has 1 N–H and O–H groups in total. The van der Waals surface area contributed by atoms with E-state index in [1.165, 1.54) is 5.56 Å². The molecular formula is C12H21N3. The molecule has 0 aliphatic heterocycles. The molecule has 0 aliphatic rings. The maximum atomic E-state index is 4.25. The van der Waals surface area contributed by atoms with Gasteiger partial charge in [0.2, 0.25) is 0 Å². The first kappa shape index (κ1) is 12.0. The number of rotatable bonds is 5. The van der Waals surface area contributed by atoms with Crippen molar-refractivity contribution in [3.8, 4) is 0 Å². The SMILES string of the molecule is CCNc1cc(CN(C)C(C)C)ccn1. The molecule has 0 saturated carbocycles. The molecule has 3 heteroatoms. The van der Waals surface area contributed by atoms with Crippen molar-refractivity contribution in [1.29, 1.82) is 0 Å². The quantitative estimate of drug-likeness (QED) is 0.803. The van der Waals surface area contributed by atoms with E-state index in [2.05, 4.69) is 55.2 Å². The van der Waals surface area contributed by atoms with Gasteiger partial charge in [0, 0.05) is 25.3 Å². The van der Waals surface area contributed by atoms with Crippen molar-refractivity contribution in [3.05, 3.63) is 23.9 Å². The summed E-state index contributed by atoms with van der Waals surface area (Å²) in [6.07, 6.45) is 1.86. The molecule has 0 bridgehead atoms. The Morgan fingerprint density at radius 1 is 1.47 bits per heavy atom. The number of nitrogens with zero attached hydrogens (tertiary/aromatic N) is 2. The first-order valence-corrected chi connectivity index (χ1v) is 5.52. The van der Waals surface area contributed by atoms with E-state index < -0.39 is 0 Å². The van der Waals surface area contributed by atoms with Gasteiger partial charge in [-0.2, -0.15) is 0 Å². The Labute approximate surface area is 92.5 Å². The van der Waals surface area contributed by atoms with Crippen molar-refractivity contribution in [2.24, 2.45) is 0 Å². The first-order chi connectivity index (χ1) is 7.13. The lowest BCUT2D eigenvalue weighted by atomic mass is 10.2. The van der Waals surface area contributed by atoms with Crippen molar-refractivity contribution >= 4 is 5.82 Å². The minimum absolute atomic E-state index is 0.570. The van der Waals surface area contributed by atoms with E-state index in [4.69, 9.17) is 0 Å². The van der Waals surface area contributed by atoms with Gasteiger partial charge in [0.1, 0.15) is 5.82 Å². The Morgan fingerprint density at radius 2 is 2.20 bits per heavy atom. The zero-order valence-corrected chi connectivity index (χ0v) is 10.1. The Balaban J connectivity index is 2.64. The molecule has 1 aromatic heterocycles. The van der Waals surface area contributed by atoms with Crippen LogP contribution in [0, 0.1) is 0 Å². The standard InChI is InChI=1S/C12H21N3/c1-5-13-12-8-11(6-7-14-12)9-15(4)10(2)3/h6-8,10H,5,9H2,1-4H3,(H,13,14). The summed E-state index contributed by atoms with van der Waals surface area (Å²) in [7, 11) is 2.14. The van der Waals surface area contributed by atoms with Gasteiger partial charge in [-0.3, -0.25) is 4.90 Å². The fraction of sp³-hybridized carbons (Fsp3) is 0.583. The van der Waals surface area contributed by atoms with Gasteiger partial charge in [-0.25, -0.2) is 4.98 Å². The molecule has 0 spiro atoms. The van der Waals surface area contributed by atoms with Crippen molar-refractivity contribution < 1.29 is 0 Å². The third kappa shape index (κ3) is 3.88. The molecular weight excluding hydrogens is 186 g/mol. The number of hydrogen-bond acceptors (Lipinski definition) is 3. The molecule has 1 aromatic rings. The van der Waals surface area contributed by atoms with Gasteiger partial charge in [-0.05, 0) is 45.5 Å². The van der Waals surface area contributed by atoms with Gasteiger partial charge in [-0.1, -0.05) is 0 Å². The molecule has 0 amide bonds. The van der Waals surface area contributed by atoms with Crippen LogP contribution >= 0.6 is 0 Å². The van der Waals surface area contributed by atoms with Crippen LogP contribution in [0.4, 0.5) is 5.82 Å². The zero-order valence-electron chi connectivity index (χ0n) is 10.1. The highest BCUT2D eigenvalue weighted by Gasteiger charge is 2.04. The van der Waals surface area contributed by atoms with Crippen LogP contribution in [-0.4, -0.2) is 29.5 Å². The maximum absolute atomic E-state index is 4.25. The minimum atomic E-state index is 0.570. The molecule has 0 radical (unpaired) electrons. The molecule has 0 saturated heterocycles. The molecule has 1 rings (SSSR count). The smallest absolute Gasteiger partial charge is 0.126 e. The fourth-order valence-electron chi connectivity index (χ4n) is 1.32. The Kier molecular flexibility index (Phi) is 4.56. The van der Waals surface area contributed by atoms with E-state index in [1.54, 1.807) is 0 Å². The van der Waals surface area contributed by atoms with Crippen LogP contribution in [0.15, 0.2) is 18.3 Å². The maximum Gasteiger partial charge on any atom is 0.126 e. The van der Waals surface area contributed by atoms with Crippen molar-refractivity contribution in [2.75, 3.05) is 18.9 Å². The highest BCUT2D eigenvalue weighted by molar-refractivity contribution is 5.37. The topological polar surface area (TPSA) is 28.2 Å². The van der Waals surface area contributed by atoms with Gasteiger partial charge in [0.15, 0.2) is 0 Å². The second kappa shape index (κ2) is 5.71. The average molecular weight is 207 g/mol. The van der Waals surface area contributed by atoms with Crippen LogP contribution in [0.2, 0.25) is 0 Å². The van der Waals surface area contributed by atoms with Gasteiger partial charge < -0.3 is 5.32 Å². The normalized spacial score (nSPS) is 11.1. The van der Waals surface area contributed by atoms with Gasteiger partial charge in [-0.15, -0.1) is 0 Å². The van der Waals surface area contributed by atoms with Gasteiger partial charge in [0.25, 0.3) is 0 Å². The summed E-state index contributed by atoms with van der Waals surface area (Å²) in [5.41, 5.74) is 1.30. The average Bonchev–Trinajstić information content (AvgIpc) is 2.18. The number of anilines is 1. The third-order valence-electron chi connectivity index (χ3n) is 2.50. The van der Waals surface area contributed by atoms with Crippen LogP contribution in [-0.2, 0) is 6.54 Å². The lowest BCUT2D eigenvalue weighted by molar-refractivity contribution is 0.266. The molecule has 0 aliphatic carbocycles. The predicted molar refractivity (Wildman–Crippen MR) is 65.0 cm³/mol. The lowest BCUT2D eigenvalue weighted by Gasteiger charge is -2.21. The number of hydrogen-bond donors (Lipinski definition) is 1. The van der Waals surface area contributed by atoms with Crippen LogP contribution in [0.5, 0.6) is 0 Å². The molecule has 0 atom stereocenters. The first-order valence-electron chi connectivity index (χ1n) is 5.52. The third-order valence-corrected chi connectivity index (χ3v) is 2.50. The Morgan fingerprint density at radius 3 is 2.80 bits per heavy atom. The molecule has 84 valence electrons. The van der Waals surface area contributed by atoms with E-state index in [0.717, 1.165) is 18.9 Å². The van der Waals surface area contributed by atoms with Crippen molar-refractivity contribution in [2.45, 2.75) is 33.4 Å². The summed E-state index contributed by atoms with van der Waals surface area (Å²) < 4.78 is 0. The monoisotopic (exact) mass is 207 g/mol. The Bertz CT molecular complexity index is 297. The number of aromatic nitrogens is 1. The lowest BCUT2D eigenvalue weighted by Crippen LogP contribution is -2.25. The summed E-state index contributed by atoms with van der Waals surface area (Å²) in [5, 5.41) is 3.22. The molecule has 0 fully saturated rings. The Hall–Kier alpha value is -1.09. The molecule has 0 unspecified atom stereocenters. The minimum Gasteiger partial charge on any atom is -0.370 e. The van der Waals surface area contributed by atoms with Crippen molar-refractivity contribution in [1.82, 2.24) is 9.88 Å². The van der Waals surface area contributed by atoms with Crippen LogP contribution in [0.3, 0.4) is 0 Å². The van der Waals surface area contributed by atoms with Gasteiger partial charge >= 0.3 is 0 Å². The molecule has 0 aromatic carbocycles. The predicted octanol–water partition coefficient (Wildman–Crippen LogP) is 2.35. The zero-order chi connectivity index (χ0) is 11.3. The second-order valence-electron chi connectivity index (χ2n) is 4.09. The fourth-order valence-corrected chi connectivity index (χ4v) is 1.32. The van der Waals surface area contributed by atoms with Gasteiger partial charge in [0.05, 0.1) is 0 Å². The molecule has 15 heavy (non-hydrogen) atoms. The van der Waals surface area contributed by atoms with Crippen molar-refractivity contribution in [3.63, 3.8) is 0 Å². The van der Waals surface area contributed by atoms with E-state index in [-0.39, 0.29) is 0 Å². The number of nitrogens with one attached hydrogen (secondary N) is 1. The highest BCUT2D eigenvalue weighted by Crippen LogP contribution is 2.09. The molecule has 1 heterocycles. The van der Waals surface area contributed by atoms with E-state index in [1.807, 2.05) is 6.20 Å². The highest BCUT2D eigenvalue weighted by atomic mass is 15.1. The van der Waals surface area contributed by atoms with Crippen LogP contribution in [0.1, 0.15) is 26.3 Å². The molecule has 3 nitrogen and oxygen atoms in total. The van der Waals surface area contributed by atoms with Crippen LogP contribution < -0.4 is 5.32 Å². The van der Waals surface area contributed by atoms with Crippen LogP contribution in [0.25, 0.3) is 0 Å².